The second-order valence-electron chi connectivity index (χ2n) is 6.34. The topological polar surface area (TPSA) is 12.0 Å². The molecule has 1 nitrogen and oxygen atoms in total. The van der Waals surface area contributed by atoms with Crippen LogP contribution in [0.25, 0.3) is 0 Å². The molecule has 1 aromatic rings. The summed E-state index contributed by atoms with van der Waals surface area (Å²) >= 11 is 0. The van der Waals surface area contributed by atoms with Gasteiger partial charge in [0.15, 0.2) is 0 Å². The summed E-state index contributed by atoms with van der Waals surface area (Å²) in [5, 5.41) is 3.77. The van der Waals surface area contributed by atoms with Gasteiger partial charge < -0.3 is 5.32 Å². The summed E-state index contributed by atoms with van der Waals surface area (Å²) in [6.07, 6.45) is 6.84. The predicted octanol–water partition coefficient (Wildman–Crippen LogP) is 4.84. The maximum Gasteiger partial charge on any atom is 0.0325 e. The molecular weight excluding hydrogens is 230 g/mol. The molecule has 1 aliphatic rings. The zero-order valence-electron chi connectivity index (χ0n) is 13.1. The molecule has 19 heavy (non-hydrogen) atoms. The molecule has 0 bridgehead atoms. The fourth-order valence-electron chi connectivity index (χ4n) is 3.22. The lowest BCUT2D eigenvalue weighted by Crippen LogP contribution is -2.24. The predicted molar refractivity (Wildman–Crippen MR) is 83.6 cm³/mol. The van der Waals surface area contributed by atoms with Crippen LogP contribution in [0.3, 0.4) is 0 Å². The Labute approximate surface area is 118 Å². The Morgan fingerprint density at radius 3 is 2.32 bits per heavy atom. The molecule has 1 unspecified atom stereocenters. The molecule has 0 aliphatic heterocycles. The number of hydrogen-bond donors (Lipinski definition) is 1. The van der Waals surface area contributed by atoms with Crippen molar-refractivity contribution in [2.24, 2.45) is 5.92 Å². The molecule has 0 saturated heterocycles. The van der Waals surface area contributed by atoms with Crippen molar-refractivity contribution >= 4 is 0 Å². The number of hydrogen-bond acceptors (Lipinski definition) is 1. The van der Waals surface area contributed by atoms with Crippen LogP contribution in [0.1, 0.15) is 67.3 Å². The molecule has 106 valence electrons. The summed E-state index contributed by atoms with van der Waals surface area (Å²) in [6, 6.07) is 5.22. The van der Waals surface area contributed by atoms with Gasteiger partial charge in [0.05, 0.1) is 0 Å². The zero-order valence-corrected chi connectivity index (χ0v) is 13.1. The van der Waals surface area contributed by atoms with Crippen molar-refractivity contribution in [3.8, 4) is 0 Å². The minimum Gasteiger partial charge on any atom is -0.310 e. The van der Waals surface area contributed by atoms with Crippen molar-refractivity contribution in [2.45, 2.75) is 65.8 Å². The number of aryl methyl sites for hydroxylation is 3. The highest BCUT2D eigenvalue weighted by molar-refractivity contribution is 5.39. The molecule has 1 aliphatic carbocycles. The number of nitrogens with one attached hydrogen (secondary N) is 1. The highest BCUT2D eigenvalue weighted by atomic mass is 14.9. The average molecular weight is 259 g/mol. The molecule has 1 fully saturated rings. The van der Waals surface area contributed by atoms with Crippen LogP contribution >= 0.6 is 0 Å². The van der Waals surface area contributed by atoms with Crippen molar-refractivity contribution < 1.29 is 0 Å². The Morgan fingerprint density at radius 1 is 1.16 bits per heavy atom. The van der Waals surface area contributed by atoms with E-state index in [1.165, 1.54) is 48.8 Å². The molecule has 0 aromatic heterocycles. The van der Waals surface area contributed by atoms with Gasteiger partial charge in [-0.15, -0.1) is 0 Å². The van der Waals surface area contributed by atoms with Crippen molar-refractivity contribution in [3.63, 3.8) is 0 Å². The third-order valence-corrected chi connectivity index (χ3v) is 4.29. The van der Waals surface area contributed by atoms with E-state index in [1.807, 2.05) is 0 Å². The van der Waals surface area contributed by atoms with Crippen molar-refractivity contribution in [1.29, 1.82) is 0 Å². The first-order chi connectivity index (χ1) is 9.11. The van der Waals surface area contributed by atoms with E-state index in [9.17, 15) is 0 Å². The quantitative estimate of drug-likeness (QED) is 0.738. The molecule has 1 heteroatoms. The van der Waals surface area contributed by atoms with Crippen LogP contribution in [0.15, 0.2) is 12.1 Å². The molecule has 0 amide bonds. The van der Waals surface area contributed by atoms with Gasteiger partial charge >= 0.3 is 0 Å². The average Bonchev–Trinajstić information content (AvgIpc) is 3.14. The molecule has 0 radical (unpaired) electrons. The second-order valence-corrected chi connectivity index (χ2v) is 6.34. The third kappa shape index (κ3) is 4.07. The minimum atomic E-state index is 0.557. The van der Waals surface area contributed by atoms with E-state index in [1.54, 1.807) is 5.56 Å². The monoisotopic (exact) mass is 259 g/mol. The Bertz CT molecular complexity index is 395. The summed E-state index contributed by atoms with van der Waals surface area (Å²) in [5.41, 5.74) is 5.86. The van der Waals surface area contributed by atoms with Crippen molar-refractivity contribution in [1.82, 2.24) is 5.32 Å². The summed E-state index contributed by atoms with van der Waals surface area (Å²) in [6.45, 7) is 10.1. The SMILES string of the molecule is CCCNC(CCC1CC1)c1c(C)cc(C)cc1C. The maximum atomic E-state index is 3.77. The van der Waals surface area contributed by atoms with E-state index >= 15 is 0 Å². The lowest BCUT2D eigenvalue weighted by atomic mass is 9.91. The number of benzene rings is 1. The zero-order chi connectivity index (χ0) is 13.8. The lowest BCUT2D eigenvalue weighted by molar-refractivity contribution is 0.467. The van der Waals surface area contributed by atoms with Gasteiger partial charge in [0.2, 0.25) is 0 Å². The normalized spacial score (nSPS) is 16.6. The van der Waals surface area contributed by atoms with E-state index in [0.717, 1.165) is 12.5 Å². The third-order valence-electron chi connectivity index (χ3n) is 4.29. The first kappa shape index (κ1) is 14.6. The minimum absolute atomic E-state index is 0.557. The Morgan fingerprint density at radius 2 is 1.79 bits per heavy atom. The molecule has 1 atom stereocenters. The second kappa shape index (κ2) is 6.56. The van der Waals surface area contributed by atoms with Gasteiger partial charge in [-0.2, -0.15) is 0 Å². The Hall–Kier alpha value is -0.820. The van der Waals surface area contributed by atoms with Gasteiger partial charge in [0.25, 0.3) is 0 Å². The van der Waals surface area contributed by atoms with Gasteiger partial charge in [-0.05, 0) is 69.2 Å². The lowest BCUT2D eigenvalue weighted by Gasteiger charge is -2.23. The van der Waals surface area contributed by atoms with Crippen LogP contribution < -0.4 is 5.32 Å². The first-order valence-electron chi connectivity index (χ1n) is 7.93. The van der Waals surface area contributed by atoms with E-state index in [0.29, 0.717) is 6.04 Å². The van der Waals surface area contributed by atoms with E-state index in [4.69, 9.17) is 0 Å². The molecule has 0 heterocycles. The molecular formula is C18H29N. The number of rotatable bonds is 7. The van der Waals surface area contributed by atoms with Gasteiger partial charge in [-0.25, -0.2) is 0 Å². The molecule has 1 saturated carbocycles. The molecule has 0 spiro atoms. The van der Waals surface area contributed by atoms with Crippen LogP contribution in [-0.2, 0) is 0 Å². The summed E-state index contributed by atoms with van der Waals surface area (Å²) in [4.78, 5) is 0. The summed E-state index contributed by atoms with van der Waals surface area (Å²) in [5.74, 6) is 1.02. The molecule has 1 N–H and O–H groups in total. The van der Waals surface area contributed by atoms with Crippen LogP contribution in [0.4, 0.5) is 0 Å². The highest BCUT2D eigenvalue weighted by Crippen LogP contribution is 2.37. The Balaban J connectivity index is 2.14. The van der Waals surface area contributed by atoms with Gasteiger partial charge in [-0.1, -0.05) is 37.5 Å². The fourth-order valence-corrected chi connectivity index (χ4v) is 3.22. The van der Waals surface area contributed by atoms with Crippen molar-refractivity contribution in [3.05, 3.63) is 34.4 Å². The highest BCUT2D eigenvalue weighted by Gasteiger charge is 2.24. The van der Waals surface area contributed by atoms with Gasteiger partial charge in [-0.3, -0.25) is 0 Å². The maximum absolute atomic E-state index is 3.77. The molecule has 2 rings (SSSR count). The van der Waals surface area contributed by atoms with Gasteiger partial charge in [0, 0.05) is 6.04 Å². The van der Waals surface area contributed by atoms with E-state index < -0.39 is 0 Å². The summed E-state index contributed by atoms with van der Waals surface area (Å²) in [7, 11) is 0. The standard InChI is InChI=1S/C18H29N/c1-5-10-19-17(9-8-16-6-7-16)18-14(3)11-13(2)12-15(18)4/h11-12,16-17,19H,5-10H2,1-4H3. The van der Waals surface area contributed by atoms with Crippen LogP contribution in [0, 0.1) is 26.7 Å². The smallest absolute Gasteiger partial charge is 0.0325 e. The van der Waals surface area contributed by atoms with E-state index in [-0.39, 0.29) is 0 Å². The van der Waals surface area contributed by atoms with Crippen LogP contribution in [-0.4, -0.2) is 6.54 Å². The fraction of sp³-hybridized carbons (Fsp3) is 0.667. The summed E-state index contributed by atoms with van der Waals surface area (Å²) < 4.78 is 0. The van der Waals surface area contributed by atoms with Crippen molar-refractivity contribution in [2.75, 3.05) is 6.54 Å². The van der Waals surface area contributed by atoms with Crippen LogP contribution in [0.2, 0.25) is 0 Å². The van der Waals surface area contributed by atoms with Crippen LogP contribution in [0.5, 0.6) is 0 Å². The molecule has 1 aromatic carbocycles. The van der Waals surface area contributed by atoms with Gasteiger partial charge in [0.1, 0.15) is 0 Å². The Kier molecular flexibility index (Phi) is 5.04. The first-order valence-corrected chi connectivity index (χ1v) is 7.93. The largest absolute Gasteiger partial charge is 0.310 e. The van der Waals surface area contributed by atoms with E-state index in [2.05, 4.69) is 45.1 Å².